The Balaban J connectivity index is 1.47. The van der Waals surface area contributed by atoms with Gasteiger partial charge in [0.05, 0.1) is 7.11 Å². The average molecular weight is 368 g/mol. The summed E-state index contributed by atoms with van der Waals surface area (Å²) in [6, 6.07) is 5.55. The molecule has 1 fully saturated rings. The van der Waals surface area contributed by atoms with Crippen LogP contribution in [-0.4, -0.2) is 61.1 Å². The van der Waals surface area contributed by atoms with Crippen molar-refractivity contribution in [2.75, 3.05) is 20.2 Å². The van der Waals surface area contributed by atoms with E-state index in [1.165, 1.54) is 7.11 Å². The van der Waals surface area contributed by atoms with Crippen LogP contribution in [0.25, 0.3) is 5.78 Å². The summed E-state index contributed by atoms with van der Waals surface area (Å²) in [6.07, 6.45) is 5.02. The first kappa shape index (κ1) is 17.2. The third-order valence-corrected chi connectivity index (χ3v) is 4.94. The highest BCUT2D eigenvalue weighted by Crippen LogP contribution is 2.25. The molecule has 27 heavy (non-hydrogen) atoms. The van der Waals surface area contributed by atoms with E-state index >= 15 is 0 Å². The summed E-state index contributed by atoms with van der Waals surface area (Å²) in [5.41, 5.74) is 1.40. The fourth-order valence-corrected chi connectivity index (χ4v) is 3.48. The molecule has 0 aliphatic carbocycles. The molecule has 3 aromatic heterocycles. The lowest BCUT2D eigenvalue weighted by molar-refractivity contribution is 0.0572. The van der Waals surface area contributed by atoms with Gasteiger partial charge in [0.2, 0.25) is 5.82 Å². The Labute approximate surface area is 155 Å². The first-order valence-electron chi connectivity index (χ1n) is 8.81. The van der Waals surface area contributed by atoms with Gasteiger partial charge < -0.3 is 14.2 Å². The maximum absolute atomic E-state index is 12.8. The van der Waals surface area contributed by atoms with Gasteiger partial charge in [0.25, 0.3) is 11.7 Å². The van der Waals surface area contributed by atoms with Crippen LogP contribution in [-0.2, 0) is 4.74 Å². The van der Waals surface area contributed by atoms with Crippen LogP contribution >= 0.6 is 0 Å². The molecule has 0 saturated carbocycles. The second-order valence-electron chi connectivity index (χ2n) is 6.55. The quantitative estimate of drug-likeness (QED) is 0.650. The van der Waals surface area contributed by atoms with Crippen LogP contribution < -0.4 is 0 Å². The van der Waals surface area contributed by atoms with Gasteiger partial charge in [-0.05, 0) is 38.0 Å². The highest BCUT2D eigenvalue weighted by atomic mass is 16.5. The van der Waals surface area contributed by atoms with Gasteiger partial charge in [-0.3, -0.25) is 4.79 Å². The monoisotopic (exact) mass is 368 g/mol. The molecule has 0 N–H and O–H groups in total. The van der Waals surface area contributed by atoms with Crippen LogP contribution in [0.3, 0.4) is 0 Å². The first-order valence-corrected chi connectivity index (χ1v) is 8.81. The molecule has 1 aliphatic heterocycles. The van der Waals surface area contributed by atoms with E-state index in [0.717, 1.165) is 18.5 Å². The second kappa shape index (κ2) is 6.82. The Morgan fingerprint density at radius 2 is 2.00 bits per heavy atom. The summed E-state index contributed by atoms with van der Waals surface area (Å²) >= 11 is 0. The number of carbonyl (C=O) groups excluding carboxylic acids is 2. The smallest absolute Gasteiger partial charge is 0.354 e. The number of carbonyl (C=O) groups is 2. The fraction of sp³-hybridized carbons (Fsp3) is 0.389. The molecule has 1 aliphatic rings. The van der Waals surface area contributed by atoms with Gasteiger partial charge in [0.1, 0.15) is 5.69 Å². The molecule has 0 bridgehead atoms. The number of hydrogen-bond donors (Lipinski definition) is 0. The van der Waals surface area contributed by atoms with Crippen molar-refractivity contribution in [1.29, 1.82) is 0 Å². The lowest BCUT2D eigenvalue weighted by Gasteiger charge is -2.32. The summed E-state index contributed by atoms with van der Waals surface area (Å²) < 4.78 is 8.34. The number of likely N-dealkylation sites (tertiary alicyclic amines) is 1. The molecule has 3 aromatic rings. The number of nitrogens with zero attached hydrogens (tertiary/aromatic N) is 6. The van der Waals surface area contributed by atoms with Gasteiger partial charge in [-0.2, -0.15) is 4.98 Å². The first-order chi connectivity index (χ1) is 13.1. The average Bonchev–Trinajstić information content (AvgIpc) is 3.35. The van der Waals surface area contributed by atoms with E-state index in [0.29, 0.717) is 24.6 Å². The number of ether oxygens (including phenoxy) is 1. The minimum atomic E-state index is -0.352. The Bertz CT molecular complexity index is 1000. The number of methoxy groups -OCH3 is 1. The molecule has 0 aromatic carbocycles. The normalized spacial score (nSPS) is 15.3. The number of rotatable bonds is 3. The minimum Gasteiger partial charge on any atom is -0.464 e. The van der Waals surface area contributed by atoms with Crippen molar-refractivity contribution in [1.82, 2.24) is 29.0 Å². The zero-order valence-electron chi connectivity index (χ0n) is 15.2. The molecule has 4 rings (SSSR count). The minimum absolute atomic E-state index is 0.149. The van der Waals surface area contributed by atoms with E-state index in [1.807, 2.05) is 29.8 Å². The van der Waals surface area contributed by atoms with Crippen molar-refractivity contribution in [3.8, 4) is 0 Å². The molecular formula is C18H20N6O3. The SMILES string of the molecule is COC(=O)c1cccn1C1CCN(C(=O)c2nc3nccc(C)n3n2)CC1. The predicted octanol–water partition coefficient (Wildman–Crippen LogP) is 1.50. The van der Waals surface area contributed by atoms with Crippen molar-refractivity contribution >= 4 is 17.7 Å². The summed E-state index contributed by atoms with van der Waals surface area (Å²) in [7, 11) is 1.37. The zero-order valence-corrected chi connectivity index (χ0v) is 15.2. The Hall–Kier alpha value is -3.23. The maximum atomic E-state index is 12.8. The Kier molecular flexibility index (Phi) is 4.35. The topological polar surface area (TPSA) is 94.6 Å². The zero-order chi connectivity index (χ0) is 19.0. The van der Waals surface area contributed by atoms with Crippen molar-refractivity contribution in [3.05, 3.63) is 47.8 Å². The van der Waals surface area contributed by atoms with E-state index < -0.39 is 0 Å². The number of amides is 1. The maximum Gasteiger partial charge on any atom is 0.354 e. The molecule has 1 amide bonds. The molecule has 0 unspecified atom stereocenters. The molecule has 9 heteroatoms. The second-order valence-corrected chi connectivity index (χ2v) is 6.55. The lowest BCUT2D eigenvalue weighted by Crippen LogP contribution is -2.39. The van der Waals surface area contributed by atoms with Crippen LogP contribution in [0.2, 0.25) is 0 Å². The molecule has 0 spiro atoms. The summed E-state index contributed by atoms with van der Waals surface area (Å²) in [5, 5.41) is 4.29. The highest BCUT2D eigenvalue weighted by molar-refractivity contribution is 5.91. The summed E-state index contributed by atoms with van der Waals surface area (Å²) in [4.78, 5) is 34.8. The van der Waals surface area contributed by atoms with Crippen molar-refractivity contribution in [2.24, 2.45) is 0 Å². The molecule has 0 radical (unpaired) electrons. The molecule has 9 nitrogen and oxygen atoms in total. The molecule has 1 saturated heterocycles. The van der Waals surface area contributed by atoms with Crippen LogP contribution in [0.1, 0.15) is 45.7 Å². The van der Waals surface area contributed by atoms with Crippen molar-refractivity contribution < 1.29 is 14.3 Å². The van der Waals surface area contributed by atoms with Gasteiger partial charge in [0, 0.05) is 37.2 Å². The molecular weight excluding hydrogens is 348 g/mol. The molecule has 4 heterocycles. The standard InChI is InChI=1S/C18H20N6O3/c1-12-5-8-19-18-20-15(21-24(12)18)16(25)22-10-6-13(7-11-22)23-9-3-4-14(23)17(26)27-2/h3-5,8-9,13H,6-7,10-11H2,1-2H3. The fourth-order valence-electron chi connectivity index (χ4n) is 3.48. The van der Waals surface area contributed by atoms with Crippen molar-refractivity contribution in [2.45, 2.75) is 25.8 Å². The third-order valence-electron chi connectivity index (χ3n) is 4.94. The largest absolute Gasteiger partial charge is 0.464 e. The van der Waals surface area contributed by atoms with Crippen molar-refractivity contribution in [3.63, 3.8) is 0 Å². The highest BCUT2D eigenvalue weighted by Gasteiger charge is 2.28. The molecule has 0 atom stereocenters. The number of aromatic nitrogens is 5. The summed E-state index contributed by atoms with van der Waals surface area (Å²) in [5.74, 6) is 0.0316. The van der Waals surface area contributed by atoms with Gasteiger partial charge in [-0.1, -0.05) is 0 Å². The van der Waals surface area contributed by atoms with Gasteiger partial charge >= 0.3 is 5.97 Å². The third kappa shape index (κ3) is 3.05. The van der Waals surface area contributed by atoms with Gasteiger partial charge in [-0.15, -0.1) is 5.10 Å². The van der Waals surface area contributed by atoms with E-state index in [-0.39, 0.29) is 23.7 Å². The predicted molar refractivity (Wildman–Crippen MR) is 95.5 cm³/mol. The number of fused-ring (bicyclic) bond motifs is 1. The lowest BCUT2D eigenvalue weighted by atomic mass is 10.0. The van der Waals surface area contributed by atoms with E-state index in [9.17, 15) is 9.59 Å². The number of hydrogen-bond acceptors (Lipinski definition) is 6. The van der Waals surface area contributed by atoms with Crippen LogP contribution in [0, 0.1) is 6.92 Å². The van der Waals surface area contributed by atoms with Crippen LogP contribution in [0.4, 0.5) is 0 Å². The van der Waals surface area contributed by atoms with Gasteiger partial charge in [0.15, 0.2) is 0 Å². The Morgan fingerprint density at radius 1 is 1.22 bits per heavy atom. The number of piperidine rings is 1. The van der Waals surface area contributed by atoms with E-state index in [1.54, 1.807) is 21.7 Å². The Morgan fingerprint density at radius 3 is 2.70 bits per heavy atom. The van der Waals surface area contributed by atoms with E-state index in [2.05, 4.69) is 15.1 Å². The van der Waals surface area contributed by atoms with E-state index in [4.69, 9.17) is 4.74 Å². The van der Waals surface area contributed by atoms with Crippen LogP contribution in [0.5, 0.6) is 0 Å². The summed E-state index contributed by atoms with van der Waals surface area (Å²) in [6.45, 7) is 3.04. The molecule has 140 valence electrons. The number of aryl methyl sites for hydroxylation is 1. The number of esters is 1. The van der Waals surface area contributed by atoms with Gasteiger partial charge in [-0.25, -0.2) is 14.3 Å². The van der Waals surface area contributed by atoms with Crippen LogP contribution in [0.15, 0.2) is 30.6 Å².